The molecule has 0 atom stereocenters. The van der Waals surface area contributed by atoms with Crippen molar-refractivity contribution in [2.75, 3.05) is 36.7 Å². The maximum Gasteiger partial charge on any atom is 0.254 e. The number of carbonyl (C=O) groups is 2. The number of amides is 2. The topological polar surface area (TPSA) is 52.7 Å². The average Bonchev–Trinajstić information content (AvgIpc) is 2.78. The Balaban J connectivity index is 0.000000316. The molecule has 1 saturated heterocycles. The predicted octanol–water partition coefficient (Wildman–Crippen LogP) is 4.48. The second-order valence-electron chi connectivity index (χ2n) is 6.93. The summed E-state index contributed by atoms with van der Waals surface area (Å²) in [4.78, 5) is 26.3. The van der Waals surface area contributed by atoms with Crippen LogP contribution in [0.1, 0.15) is 29.3 Å². The Morgan fingerprint density at radius 1 is 1.06 bits per heavy atom. The number of hydrogen-bond donors (Lipinski definition) is 1. The van der Waals surface area contributed by atoms with E-state index in [0.29, 0.717) is 37.4 Å². The number of piperazine rings is 1. The zero-order chi connectivity index (χ0) is 22.8. The maximum absolute atomic E-state index is 14.0. The summed E-state index contributed by atoms with van der Waals surface area (Å²) in [6.07, 6.45) is 1.79. The summed E-state index contributed by atoms with van der Waals surface area (Å²) >= 11 is 1.44. The number of anilines is 1. The molecule has 31 heavy (non-hydrogen) atoms. The number of nitrogens with zero attached hydrogens (tertiary/aromatic N) is 2. The summed E-state index contributed by atoms with van der Waals surface area (Å²) in [5.74, 6) is -0.718. The Labute approximate surface area is 184 Å². The van der Waals surface area contributed by atoms with Gasteiger partial charge in [-0.25, -0.2) is 13.2 Å². The Hall–Kier alpha value is -2.68. The van der Waals surface area contributed by atoms with Gasteiger partial charge in [0.25, 0.3) is 5.91 Å². The zero-order valence-electron chi connectivity index (χ0n) is 17.5. The number of rotatable bonds is 6. The van der Waals surface area contributed by atoms with E-state index in [1.807, 2.05) is 0 Å². The predicted molar refractivity (Wildman–Crippen MR) is 117 cm³/mol. The summed E-state index contributed by atoms with van der Waals surface area (Å²) in [6.45, 7) is 5.45. The van der Waals surface area contributed by atoms with Crippen LogP contribution in [0.15, 0.2) is 36.4 Å². The van der Waals surface area contributed by atoms with Crippen LogP contribution >= 0.6 is 11.9 Å². The zero-order valence-corrected chi connectivity index (χ0v) is 18.4. The monoisotopic (exact) mass is 453 g/mol. The fourth-order valence-corrected chi connectivity index (χ4v) is 3.38. The molecule has 1 heterocycles. The third-order valence-corrected chi connectivity index (χ3v) is 5.63. The van der Waals surface area contributed by atoms with Crippen LogP contribution in [0.4, 0.5) is 18.9 Å². The molecular weight excluding hydrogens is 427 g/mol. The molecule has 0 spiro atoms. The minimum atomic E-state index is -0.491. The summed E-state index contributed by atoms with van der Waals surface area (Å²) in [7, 11) is 0. The Bertz CT molecular complexity index is 870. The normalized spacial score (nSPS) is 13.3. The molecular formula is C22H26F3N3O2S. The van der Waals surface area contributed by atoms with Crippen LogP contribution in [0.3, 0.4) is 0 Å². The van der Waals surface area contributed by atoms with Gasteiger partial charge in [-0.05, 0) is 43.7 Å². The van der Waals surface area contributed by atoms with Crippen LogP contribution in [0.2, 0.25) is 0 Å². The molecule has 0 aromatic heterocycles. The lowest BCUT2D eigenvalue weighted by Crippen LogP contribution is -2.48. The minimum Gasteiger partial charge on any atom is -0.342 e. The van der Waals surface area contributed by atoms with Crippen molar-refractivity contribution in [3.05, 3.63) is 65.0 Å². The standard InChI is InChI=1S/C15H20FN3O2S.C7H6F2/c1-2-9-22-17-14-4-3-12(10-13(14)16)15(21)19-7-5-18(11-20)6-8-19;1-5-6(8)3-2-4-7(5)9/h3-4,10-11,17H,2,5-9H2,1H3;2-4H,1H3. The van der Waals surface area contributed by atoms with E-state index in [1.54, 1.807) is 21.9 Å². The highest BCUT2D eigenvalue weighted by molar-refractivity contribution is 8.00. The van der Waals surface area contributed by atoms with Crippen molar-refractivity contribution < 1.29 is 22.8 Å². The van der Waals surface area contributed by atoms with Crippen molar-refractivity contribution in [2.45, 2.75) is 20.3 Å². The lowest BCUT2D eigenvalue weighted by molar-refractivity contribution is -0.119. The molecule has 0 bridgehead atoms. The SMILES string of the molecule is CCCSNc1ccc(C(=O)N2CCN(C=O)CC2)cc1F.Cc1c(F)cccc1F. The maximum atomic E-state index is 14.0. The van der Waals surface area contributed by atoms with E-state index in [1.165, 1.54) is 43.1 Å². The van der Waals surface area contributed by atoms with Gasteiger partial charge >= 0.3 is 0 Å². The van der Waals surface area contributed by atoms with Crippen molar-refractivity contribution in [1.29, 1.82) is 0 Å². The summed E-state index contributed by atoms with van der Waals surface area (Å²) in [5, 5.41) is 0. The molecule has 1 fully saturated rings. The van der Waals surface area contributed by atoms with E-state index < -0.39 is 17.5 Å². The van der Waals surface area contributed by atoms with Gasteiger partial charge in [-0.1, -0.05) is 24.9 Å². The van der Waals surface area contributed by atoms with Crippen LogP contribution in [-0.2, 0) is 4.79 Å². The first-order valence-electron chi connectivity index (χ1n) is 9.94. The molecule has 3 rings (SSSR count). The van der Waals surface area contributed by atoms with Gasteiger partial charge in [0.05, 0.1) is 5.69 Å². The van der Waals surface area contributed by atoms with Crippen LogP contribution < -0.4 is 4.72 Å². The highest BCUT2D eigenvalue weighted by atomic mass is 32.2. The van der Waals surface area contributed by atoms with Crippen LogP contribution in [0.5, 0.6) is 0 Å². The quantitative estimate of drug-likeness (QED) is 0.398. The van der Waals surface area contributed by atoms with E-state index in [2.05, 4.69) is 11.6 Å². The highest BCUT2D eigenvalue weighted by Gasteiger charge is 2.22. The third kappa shape index (κ3) is 7.20. The Morgan fingerprint density at radius 3 is 2.23 bits per heavy atom. The van der Waals surface area contributed by atoms with Crippen molar-refractivity contribution >= 4 is 30.0 Å². The molecule has 0 saturated carbocycles. The molecule has 0 aliphatic carbocycles. The second-order valence-corrected chi connectivity index (χ2v) is 7.83. The Morgan fingerprint density at radius 2 is 1.71 bits per heavy atom. The Kier molecular flexibility index (Phi) is 9.71. The van der Waals surface area contributed by atoms with E-state index in [4.69, 9.17) is 0 Å². The van der Waals surface area contributed by atoms with Crippen molar-refractivity contribution in [2.24, 2.45) is 0 Å². The van der Waals surface area contributed by atoms with Gasteiger partial charge in [0.15, 0.2) is 0 Å². The van der Waals surface area contributed by atoms with Crippen molar-refractivity contribution in [3.8, 4) is 0 Å². The van der Waals surface area contributed by atoms with Gasteiger partial charge in [-0.3, -0.25) is 9.59 Å². The summed E-state index contributed by atoms with van der Waals surface area (Å²) in [5.41, 5.74) is 0.807. The molecule has 1 aliphatic heterocycles. The minimum absolute atomic E-state index is 0.0810. The first-order valence-corrected chi connectivity index (χ1v) is 10.9. The van der Waals surface area contributed by atoms with E-state index in [9.17, 15) is 22.8 Å². The van der Waals surface area contributed by atoms with Crippen molar-refractivity contribution in [1.82, 2.24) is 9.80 Å². The summed E-state index contributed by atoms with van der Waals surface area (Å²) < 4.78 is 41.6. The largest absolute Gasteiger partial charge is 0.342 e. The van der Waals surface area contributed by atoms with Crippen LogP contribution in [0.25, 0.3) is 0 Å². The molecule has 2 aromatic rings. The molecule has 1 aliphatic rings. The van der Waals surface area contributed by atoms with Gasteiger partial charge in [-0.15, -0.1) is 0 Å². The second kappa shape index (κ2) is 12.2. The molecule has 1 N–H and O–H groups in total. The molecule has 2 amide bonds. The molecule has 2 aromatic carbocycles. The number of hydrogen-bond acceptors (Lipinski definition) is 4. The van der Waals surface area contributed by atoms with Gasteiger partial charge < -0.3 is 14.5 Å². The summed E-state index contributed by atoms with van der Waals surface area (Å²) in [6, 6.07) is 8.30. The van der Waals surface area contributed by atoms with E-state index >= 15 is 0 Å². The third-order valence-electron chi connectivity index (χ3n) is 4.66. The fraction of sp³-hybridized carbons (Fsp3) is 0.364. The first kappa shape index (κ1) is 24.6. The van der Waals surface area contributed by atoms with Gasteiger partial charge in [0.2, 0.25) is 6.41 Å². The number of benzene rings is 2. The number of halogens is 3. The van der Waals surface area contributed by atoms with Crippen molar-refractivity contribution in [3.63, 3.8) is 0 Å². The van der Waals surface area contributed by atoms with E-state index in [-0.39, 0.29) is 11.5 Å². The van der Waals surface area contributed by atoms with Gasteiger partial charge in [0, 0.05) is 43.1 Å². The molecule has 0 unspecified atom stereocenters. The van der Waals surface area contributed by atoms with Gasteiger partial charge in [-0.2, -0.15) is 0 Å². The number of nitrogens with one attached hydrogen (secondary N) is 1. The lowest BCUT2D eigenvalue weighted by atomic mass is 10.1. The van der Waals surface area contributed by atoms with E-state index in [0.717, 1.165) is 18.6 Å². The van der Waals surface area contributed by atoms with Crippen LogP contribution in [0, 0.1) is 24.4 Å². The number of carbonyl (C=O) groups excluding carboxylic acids is 2. The average molecular weight is 454 g/mol. The van der Waals surface area contributed by atoms with Crippen LogP contribution in [-0.4, -0.2) is 54.0 Å². The lowest BCUT2D eigenvalue weighted by Gasteiger charge is -2.32. The highest BCUT2D eigenvalue weighted by Crippen LogP contribution is 2.20. The smallest absolute Gasteiger partial charge is 0.254 e. The van der Waals surface area contributed by atoms with Gasteiger partial charge in [0.1, 0.15) is 17.5 Å². The molecule has 0 radical (unpaired) electrons. The molecule has 168 valence electrons. The molecule has 9 heteroatoms. The molecule has 5 nitrogen and oxygen atoms in total. The first-order chi connectivity index (χ1) is 14.9. The fourth-order valence-electron chi connectivity index (χ4n) is 2.76.